The van der Waals surface area contributed by atoms with Crippen molar-refractivity contribution in [2.75, 3.05) is 0 Å². The van der Waals surface area contributed by atoms with Crippen molar-refractivity contribution in [2.24, 2.45) is 5.73 Å². The van der Waals surface area contributed by atoms with Crippen LogP contribution in [0.4, 0.5) is 8.78 Å². The average Bonchev–Trinajstić information content (AvgIpc) is 2.10. The van der Waals surface area contributed by atoms with Crippen LogP contribution in [-0.4, -0.2) is 11.5 Å². The van der Waals surface area contributed by atoms with Gasteiger partial charge in [0.2, 0.25) is 6.41 Å². The number of primary amides is 1. The van der Waals surface area contributed by atoms with E-state index in [1.165, 1.54) is 6.92 Å². The molecule has 3 N–H and O–H groups in total. The van der Waals surface area contributed by atoms with Crippen molar-refractivity contribution in [1.29, 1.82) is 0 Å². The van der Waals surface area contributed by atoms with Crippen molar-refractivity contribution in [2.45, 2.75) is 6.92 Å². The van der Waals surface area contributed by atoms with Gasteiger partial charge in [-0.05, 0) is 19.1 Å². The summed E-state index contributed by atoms with van der Waals surface area (Å²) in [6, 6.07) is 2.01. The molecule has 0 bridgehead atoms. The van der Waals surface area contributed by atoms with Crippen LogP contribution in [0.3, 0.4) is 0 Å². The molecule has 0 atom stereocenters. The predicted octanol–water partition coefficient (Wildman–Crippen LogP) is 1.08. The highest BCUT2D eigenvalue weighted by Gasteiger charge is 2.06. The molecule has 0 heterocycles. The maximum absolute atomic E-state index is 12.5. The van der Waals surface area contributed by atoms with Gasteiger partial charge in [0.1, 0.15) is 5.82 Å². The molecule has 1 aromatic rings. The molecule has 0 saturated heterocycles. The first kappa shape index (κ1) is 11.4. The zero-order valence-corrected chi connectivity index (χ0v) is 6.92. The Morgan fingerprint density at radius 3 is 2.31 bits per heavy atom. The highest BCUT2D eigenvalue weighted by atomic mass is 19.1. The van der Waals surface area contributed by atoms with E-state index < -0.39 is 17.4 Å². The van der Waals surface area contributed by atoms with Crippen LogP contribution in [0.2, 0.25) is 0 Å². The van der Waals surface area contributed by atoms with Crippen LogP contribution in [0.15, 0.2) is 12.1 Å². The van der Waals surface area contributed by atoms with E-state index in [1.54, 1.807) is 0 Å². The standard InChI is InChI=1S/C7H6F2O.CH3NO/c1-4-5(8)2-3-6(10)7(4)9;2-1-3/h2-3,10H,1H3;1H,(H2,2,3). The third kappa shape index (κ3) is 3.06. The molecule has 0 aliphatic heterocycles. The summed E-state index contributed by atoms with van der Waals surface area (Å²) in [4.78, 5) is 8.58. The molecule has 0 saturated carbocycles. The Balaban J connectivity index is 0.000000424. The summed E-state index contributed by atoms with van der Waals surface area (Å²) in [7, 11) is 0. The molecule has 13 heavy (non-hydrogen) atoms. The first-order valence-corrected chi connectivity index (χ1v) is 3.33. The van der Waals surface area contributed by atoms with Gasteiger partial charge in [-0.3, -0.25) is 4.79 Å². The molecule has 0 aromatic heterocycles. The summed E-state index contributed by atoms with van der Waals surface area (Å²) in [6.45, 7) is 1.27. The topological polar surface area (TPSA) is 63.3 Å². The Morgan fingerprint density at radius 2 is 1.92 bits per heavy atom. The number of nitrogens with two attached hydrogens (primary N) is 1. The summed E-state index contributed by atoms with van der Waals surface area (Å²) in [5, 5.41) is 8.68. The quantitative estimate of drug-likeness (QED) is 0.600. The van der Waals surface area contributed by atoms with E-state index in [-0.39, 0.29) is 12.0 Å². The van der Waals surface area contributed by atoms with Crippen molar-refractivity contribution < 1.29 is 18.7 Å². The SMILES string of the molecule is Cc1c(F)ccc(O)c1F.NC=O. The summed E-state index contributed by atoms with van der Waals surface area (Å²) in [5.74, 6) is -2.05. The molecule has 0 radical (unpaired) electrons. The van der Waals surface area contributed by atoms with Crippen LogP contribution < -0.4 is 5.73 Å². The molecular formula is C8H9F2NO2. The van der Waals surface area contributed by atoms with Gasteiger partial charge < -0.3 is 10.8 Å². The zero-order valence-electron chi connectivity index (χ0n) is 6.92. The average molecular weight is 189 g/mol. The normalized spacial score (nSPS) is 8.54. The fourth-order valence-corrected chi connectivity index (χ4v) is 0.647. The van der Waals surface area contributed by atoms with E-state index in [1.807, 2.05) is 0 Å². The molecule has 0 unspecified atom stereocenters. The minimum Gasteiger partial charge on any atom is -0.505 e. The molecule has 72 valence electrons. The molecule has 0 fully saturated rings. The Morgan fingerprint density at radius 1 is 1.46 bits per heavy atom. The second-order valence-electron chi connectivity index (χ2n) is 2.14. The highest BCUT2D eigenvalue weighted by molar-refractivity contribution is 5.42. The van der Waals surface area contributed by atoms with Gasteiger partial charge in [-0.2, -0.15) is 0 Å². The van der Waals surface area contributed by atoms with Crippen LogP contribution >= 0.6 is 0 Å². The number of aromatic hydroxyl groups is 1. The summed E-state index contributed by atoms with van der Waals surface area (Å²) >= 11 is 0. The smallest absolute Gasteiger partial charge is 0.204 e. The molecule has 0 aliphatic carbocycles. The number of carbonyl (C=O) groups is 1. The van der Waals surface area contributed by atoms with Gasteiger partial charge in [0.25, 0.3) is 0 Å². The van der Waals surface area contributed by atoms with E-state index in [4.69, 9.17) is 9.90 Å². The van der Waals surface area contributed by atoms with Gasteiger partial charge in [0, 0.05) is 5.56 Å². The lowest BCUT2D eigenvalue weighted by atomic mass is 10.2. The summed E-state index contributed by atoms with van der Waals surface area (Å²) in [5.41, 5.74) is 4.01. The number of hydrogen-bond donors (Lipinski definition) is 2. The Labute approximate surface area is 73.8 Å². The summed E-state index contributed by atoms with van der Waals surface area (Å²) in [6.07, 6.45) is 0.250. The van der Waals surface area contributed by atoms with Gasteiger partial charge in [0.05, 0.1) is 0 Å². The van der Waals surface area contributed by atoms with Gasteiger partial charge in [-0.1, -0.05) is 0 Å². The molecule has 1 rings (SSSR count). The fourth-order valence-electron chi connectivity index (χ4n) is 0.647. The lowest BCUT2D eigenvalue weighted by Crippen LogP contribution is -1.87. The molecule has 0 spiro atoms. The number of halogens is 2. The molecule has 3 nitrogen and oxygen atoms in total. The van der Waals surface area contributed by atoms with Crippen LogP contribution in [0, 0.1) is 18.6 Å². The Kier molecular flexibility index (Phi) is 4.43. The monoisotopic (exact) mass is 189 g/mol. The largest absolute Gasteiger partial charge is 0.505 e. The molecule has 1 aromatic carbocycles. The Bertz CT molecular complexity index is 275. The number of benzene rings is 1. The van der Waals surface area contributed by atoms with Crippen molar-refractivity contribution in [3.63, 3.8) is 0 Å². The van der Waals surface area contributed by atoms with E-state index in [0.717, 1.165) is 12.1 Å². The fraction of sp³-hybridized carbons (Fsp3) is 0.125. The lowest BCUT2D eigenvalue weighted by Gasteiger charge is -1.98. The molecule has 0 aliphatic rings. The van der Waals surface area contributed by atoms with Crippen LogP contribution in [0.25, 0.3) is 0 Å². The van der Waals surface area contributed by atoms with E-state index in [9.17, 15) is 8.78 Å². The molecular weight excluding hydrogens is 180 g/mol. The zero-order chi connectivity index (χ0) is 10.4. The number of phenolic OH excluding ortho intramolecular Hbond substituents is 1. The summed E-state index contributed by atoms with van der Waals surface area (Å²) < 4.78 is 24.9. The van der Waals surface area contributed by atoms with Crippen molar-refractivity contribution in [3.8, 4) is 5.75 Å². The number of rotatable bonds is 0. The number of carbonyl (C=O) groups excluding carboxylic acids is 1. The second-order valence-corrected chi connectivity index (χ2v) is 2.14. The predicted molar refractivity (Wildman–Crippen MR) is 43.0 cm³/mol. The van der Waals surface area contributed by atoms with Crippen LogP contribution in [0.5, 0.6) is 5.75 Å². The van der Waals surface area contributed by atoms with Gasteiger partial charge >= 0.3 is 0 Å². The van der Waals surface area contributed by atoms with Crippen molar-refractivity contribution >= 4 is 6.41 Å². The number of phenols is 1. The minimum atomic E-state index is -0.889. The third-order valence-corrected chi connectivity index (χ3v) is 1.30. The van der Waals surface area contributed by atoms with E-state index in [2.05, 4.69) is 5.73 Å². The molecule has 5 heteroatoms. The van der Waals surface area contributed by atoms with Crippen LogP contribution in [0.1, 0.15) is 5.56 Å². The maximum Gasteiger partial charge on any atom is 0.204 e. The number of amides is 1. The van der Waals surface area contributed by atoms with Gasteiger partial charge in [-0.15, -0.1) is 0 Å². The first-order chi connectivity index (χ1) is 6.04. The van der Waals surface area contributed by atoms with E-state index in [0.29, 0.717) is 0 Å². The lowest BCUT2D eigenvalue weighted by molar-refractivity contribution is -0.106. The Hall–Kier alpha value is -1.65. The minimum absolute atomic E-state index is 0.153. The molecule has 1 amide bonds. The van der Waals surface area contributed by atoms with Crippen molar-refractivity contribution in [3.05, 3.63) is 29.3 Å². The van der Waals surface area contributed by atoms with E-state index >= 15 is 0 Å². The van der Waals surface area contributed by atoms with Crippen molar-refractivity contribution in [1.82, 2.24) is 0 Å². The van der Waals surface area contributed by atoms with Gasteiger partial charge in [-0.25, -0.2) is 8.78 Å². The highest BCUT2D eigenvalue weighted by Crippen LogP contribution is 2.20. The maximum atomic E-state index is 12.5. The second kappa shape index (κ2) is 5.08. The van der Waals surface area contributed by atoms with Gasteiger partial charge in [0.15, 0.2) is 11.6 Å². The van der Waals surface area contributed by atoms with Crippen LogP contribution in [-0.2, 0) is 4.79 Å². The first-order valence-electron chi connectivity index (χ1n) is 3.33. The number of hydrogen-bond acceptors (Lipinski definition) is 2. The third-order valence-electron chi connectivity index (χ3n) is 1.30.